The summed E-state index contributed by atoms with van der Waals surface area (Å²) in [7, 11) is -2.22. The highest BCUT2D eigenvalue weighted by Gasteiger charge is 2.23. The largest absolute Gasteiger partial charge is 0.230 e. The number of hydrogen-bond acceptors (Lipinski definition) is 3. The SMILES string of the molecule is CC(C)(C)SS(=O)(=O)c1ccccc1. The molecule has 78 valence electrons. The highest BCUT2D eigenvalue weighted by molar-refractivity contribution is 8.72. The highest BCUT2D eigenvalue weighted by atomic mass is 33.1. The minimum absolute atomic E-state index is 0.283. The third-order valence-corrected chi connectivity index (χ3v) is 5.70. The molecule has 0 aromatic heterocycles. The van der Waals surface area contributed by atoms with Crippen molar-refractivity contribution in [2.24, 2.45) is 0 Å². The fraction of sp³-hybridized carbons (Fsp3) is 0.400. The van der Waals surface area contributed by atoms with E-state index in [4.69, 9.17) is 0 Å². The van der Waals surface area contributed by atoms with Crippen LogP contribution in [0.15, 0.2) is 35.2 Å². The van der Waals surface area contributed by atoms with Crippen molar-refractivity contribution < 1.29 is 8.42 Å². The Hall–Kier alpha value is -0.480. The molecule has 0 spiro atoms. The Morgan fingerprint density at radius 3 is 2.00 bits per heavy atom. The van der Waals surface area contributed by atoms with Gasteiger partial charge < -0.3 is 0 Å². The summed E-state index contributed by atoms with van der Waals surface area (Å²) < 4.78 is 23.3. The van der Waals surface area contributed by atoms with E-state index >= 15 is 0 Å². The third kappa shape index (κ3) is 3.35. The van der Waals surface area contributed by atoms with E-state index in [2.05, 4.69) is 0 Å². The molecule has 0 saturated carbocycles. The normalized spacial score (nSPS) is 12.8. The van der Waals surface area contributed by atoms with E-state index in [-0.39, 0.29) is 4.75 Å². The minimum atomic E-state index is -3.20. The standard InChI is InChI=1S/C10H14O2S2/c1-10(2,3)13-14(11,12)9-7-5-4-6-8-9/h4-8H,1-3H3. The predicted octanol–water partition coefficient (Wildman–Crippen LogP) is 2.91. The molecular formula is C10H14O2S2. The number of rotatable bonds is 2. The summed E-state index contributed by atoms with van der Waals surface area (Å²) in [5.74, 6) is 0. The molecular weight excluding hydrogens is 216 g/mol. The second kappa shape index (κ2) is 3.95. The van der Waals surface area contributed by atoms with Gasteiger partial charge in [-0.3, -0.25) is 0 Å². The average molecular weight is 230 g/mol. The van der Waals surface area contributed by atoms with Crippen LogP contribution in [0.2, 0.25) is 0 Å². The Balaban J connectivity index is 2.99. The molecule has 0 heterocycles. The zero-order valence-electron chi connectivity index (χ0n) is 8.52. The minimum Gasteiger partial charge on any atom is -0.212 e. The lowest BCUT2D eigenvalue weighted by Gasteiger charge is -2.16. The van der Waals surface area contributed by atoms with Gasteiger partial charge in [0, 0.05) is 4.75 Å². The molecule has 1 aromatic rings. The van der Waals surface area contributed by atoms with E-state index in [0.29, 0.717) is 4.90 Å². The van der Waals surface area contributed by atoms with Gasteiger partial charge in [0.25, 0.3) is 0 Å². The van der Waals surface area contributed by atoms with Crippen LogP contribution in [0.5, 0.6) is 0 Å². The molecule has 0 bridgehead atoms. The van der Waals surface area contributed by atoms with Crippen LogP contribution < -0.4 is 0 Å². The molecule has 0 aliphatic carbocycles. The van der Waals surface area contributed by atoms with E-state index in [0.717, 1.165) is 10.8 Å². The molecule has 0 aliphatic rings. The molecule has 4 heteroatoms. The van der Waals surface area contributed by atoms with Crippen LogP contribution in [0, 0.1) is 0 Å². The van der Waals surface area contributed by atoms with Crippen molar-refractivity contribution >= 4 is 19.7 Å². The van der Waals surface area contributed by atoms with Gasteiger partial charge in [-0.15, -0.1) is 0 Å². The van der Waals surface area contributed by atoms with Gasteiger partial charge in [0.15, 0.2) is 0 Å². The summed E-state index contributed by atoms with van der Waals surface area (Å²) in [6, 6.07) is 8.51. The van der Waals surface area contributed by atoms with Crippen molar-refractivity contribution in [2.75, 3.05) is 0 Å². The second-order valence-corrected chi connectivity index (χ2v) is 8.55. The van der Waals surface area contributed by atoms with Gasteiger partial charge in [0.2, 0.25) is 8.87 Å². The maximum absolute atomic E-state index is 11.8. The Kier molecular flexibility index (Phi) is 3.27. The van der Waals surface area contributed by atoms with Gasteiger partial charge in [-0.2, -0.15) is 0 Å². The second-order valence-electron chi connectivity index (χ2n) is 3.96. The van der Waals surface area contributed by atoms with Crippen molar-refractivity contribution in [3.05, 3.63) is 30.3 Å². The molecule has 0 unspecified atom stereocenters. The van der Waals surface area contributed by atoms with Crippen molar-refractivity contribution in [3.63, 3.8) is 0 Å². The van der Waals surface area contributed by atoms with Crippen molar-refractivity contribution in [2.45, 2.75) is 30.4 Å². The Morgan fingerprint density at radius 2 is 1.57 bits per heavy atom. The van der Waals surface area contributed by atoms with Crippen molar-refractivity contribution in [3.8, 4) is 0 Å². The molecule has 0 amide bonds. The summed E-state index contributed by atoms with van der Waals surface area (Å²) in [5.41, 5.74) is 0. The lowest BCUT2D eigenvalue weighted by molar-refractivity contribution is 0.609. The fourth-order valence-corrected chi connectivity index (χ4v) is 4.81. The molecule has 0 aliphatic heterocycles. The highest BCUT2D eigenvalue weighted by Crippen LogP contribution is 2.33. The van der Waals surface area contributed by atoms with Crippen LogP contribution in [-0.2, 0) is 8.87 Å². The molecule has 0 N–H and O–H groups in total. The summed E-state index contributed by atoms with van der Waals surface area (Å²) in [5, 5.41) is 0. The van der Waals surface area contributed by atoms with E-state index in [9.17, 15) is 8.42 Å². The Morgan fingerprint density at radius 1 is 1.07 bits per heavy atom. The molecule has 0 atom stereocenters. The molecule has 0 fully saturated rings. The zero-order valence-corrected chi connectivity index (χ0v) is 10.2. The molecule has 0 saturated heterocycles. The van der Waals surface area contributed by atoms with E-state index in [1.54, 1.807) is 30.3 Å². The summed E-state index contributed by atoms with van der Waals surface area (Å²) in [6.45, 7) is 5.66. The topological polar surface area (TPSA) is 34.1 Å². The lowest BCUT2D eigenvalue weighted by Crippen LogP contribution is -2.12. The van der Waals surface area contributed by atoms with E-state index in [1.165, 1.54) is 0 Å². The first-order valence-electron chi connectivity index (χ1n) is 4.32. The average Bonchev–Trinajstić information content (AvgIpc) is 2.01. The Labute approximate surface area is 89.0 Å². The fourth-order valence-electron chi connectivity index (χ4n) is 0.964. The maximum atomic E-state index is 11.8. The van der Waals surface area contributed by atoms with Gasteiger partial charge >= 0.3 is 0 Å². The van der Waals surface area contributed by atoms with Crippen LogP contribution >= 0.6 is 10.8 Å². The predicted molar refractivity (Wildman–Crippen MR) is 61.0 cm³/mol. The molecule has 14 heavy (non-hydrogen) atoms. The van der Waals surface area contributed by atoms with Crippen LogP contribution in [0.4, 0.5) is 0 Å². The zero-order chi connectivity index (χ0) is 10.8. The van der Waals surface area contributed by atoms with Crippen molar-refractivity contribution in [1.82, 2.24) is 0 Å². The van der Waals surface area contributed by atoms with E-state index in [1.807, 2.05) is 20.8 Å². The van der Waals surface area contributed by atoms with Gasteiger partial charge in [-0.05, 0) is 43.7 Å². The van der Waals surface area contributed by atoms with Crippen LogP contribution in [0.1, 0.15) is 20.8 Å². The van der Waals surface area contributed by atoms with Crippen molar-refractivity contribution in [1.29, 1.82) is 0 Å². The summed E-state index contributed by atoms with van der Waals surface area (Å²) >= 11 is 0. The van der Waals surface area contributed by atoms with Crippen LogP contribution in [0.25, 0.3) is 0 Å². The number of benzene rings is 1. The molecule has 1 rings (SSSR count). The first kappa shape index (κ1) is 11.6. The van der Waals surface area contributed by atoms with E-state index < -0.39 is 8.87 Å². The quantitative estimate of drug-likeness (QED) is 0.733. The maximum Gasteiger partial charge on any atom is 0.230 e. The first-order chi connectivity index (χ1) is 6.31. The molecule has 2 nitrogen and oxygen atoms in total. The van der Waals surface area contributed by atoms with Gasteiger partial charge in [0.05, 0.1) is 4.90 Å². The first-order valence-corrected chi connectivity index (χ1v) is 7.14. The third-order valence-electron chi connectivity index (χ3n) is 1.39. The van der Waals surface area contributed by atoms with Gasteiger partial charge in [-0.1, -0.05) is 18.2 Å². The molecule has 0 radical (unpaired) electrons. The number of hydrogen-bond donors (Lipinski definition) is 0. The lowest BCUT2D eigenvalue weighted by atomic mass is 10.3. The molecule has 1 aromatic carbocycles. The summed E-state index contributed by atoms with van der Waals surface area (Å²) in [4.78, 5) is 0.375. The smallest absolute Gasteiger partial charge is 0.212 e. The Bertz CT molecular complexity index is 388. The monoisotopic (exact) mass is 230 g/mol. The summed E-state index contributed by atoms with van der Waals surface area (Å²) in [6.07, 6.45) is 0. The van der Waals surface area contributed by atoms with Gasteiger partial charge in [0.1, 0.15) is 0 Å². The van der Waals surface area contributed by atoms with Crippen LogP contribution in [0.3, 0.4) is 0 Å². The van der Waals surface area contributed by atoms with Crippen LogP contribution in [-0.4, -0.2) is 13.2 Å². The van der Waals surface area contributed by atoms with Gasteiger partial charge in [-0.25, -0.2) is 8.42 Å².